The number of nitrogens with zero attached hydrogens (tertiary/aromatic N) is 2. The molecule has 0 spiro atoms. The number of anilines is 1. The summed E-state index contributed by atoms with van der Waals surface area (Å²) >= 11 is 5.97. The molecule has 0 radical (unpaired) electrons. The van der Waals surface area contributed by atoms with E-state index in [1.54, 1.807) is 25.1 Å². The number of aromatic nitrogens is 2. The third-order valence-electron chi connectivity index (χ3n) is 2.67. The Balaban J connectivity index is 2.49. The van der Waals surface area contributed by atoms with E-state index in [1.807, 2.05) is 0 Å². The maximum atomic E-state index is 11.7. The van der Waals surface area contributed by atoms with Gasteiger partial charge in [-0.05, 0) is 25.1 Å². The van der Waals surface area contributed by atoms with Crippen LogP contribution in [0.3, 0.4) is 0 Å². The highest BCUT2D eigenvalue weighted by atomic mass is 35.5. The Morgan fingerprint density at radius 2 is 2.25 bits per heavy atom. The van der Waals surface area contributed by atoms with E-state index >= 15 is 0 Å². The highest BCUT2D eigenvalue weighted by Gasteiger charge is 2.19. The molecule has 6 nitrogen and oxygen atoms in total. The Bertz CT molecular complexity index is 640. The highest BCUT2D eigenvalue weighted by Crippen LogP contribution is 2.29. The first-order valence-electron chi connectivity index (χ1n) is 5.92. The van der Waals surface area contributed by atoms with Crippen molar-refractivity contribution in [2.75, 3.05) is 19.5 Å². The second-order valence-corrected chi connectivity index (χ2v) is 4.32. The zero-order valence-electron chi connectivity index (χ0n) is 11.1. The number of imidazole rings is 1. The first-order chi connectivity index (χ1) is 9.58. The maximum Gasteiger partial charge on any atom is 0.360 e. The first-order valence-corrected chi connectivity index (χ1v) is 6.30. The summed E-state index contributed by atoms with van der Waals surface area (Å²) in [7, 11) is 1.53. The lowest BCUT2D eigenvalue weighted by molar-refractivity contribution is 0.0521. The number of rotatable bonds is 4. The number of nitrogens with two attached hydrogens (primary N) is 1. The van der Waals surface area contributed by atoms with Crippen LogP contribution in [0.5, 0.6) is 5.75 Å². The normalized spacial score (nSPS) is 10.3. The van der Waals surface area contributed by atoms with Crippen LogP contribution in [-0.2, 0) is 4.74 Å². The molecule has 0 bridgehead atoms. The van der Waals surface area contributed by atoms with Crippen LogP contribution in [0.2, 0.25) is 5.02 Å². The quantitative estimate of drug-likeness (QED) is 0.876. The van der Waals surface area contributed by atoms with Crippen LogP contribution in [0, 0.1) is 0 Å². The van der Waals surface area contributed by atoms with E-state index in [0.29, 0.717) is 16.5 Å². The monoisotopic (exact) mass is 295 g/mol. The molecular formula is C13H14ClN3O3. The van der Waals surface area contributed by atoms with Gasteiger partial charge in [-0.3, -0.25) is 4.57 Å². The van der Waals surface area contributed by atoms with Crippen molar-refractivity contribution in [3.05, 3.63) is 35.2 Å². The van der Waals surface area contributed by atoms with Crippen LogP contribution in [0.1, 0.15) is 17.4 Å². The molecule has 0 amide bonds. The van der Waals surface area contributed by atoms with E-state index in [4.69, 9.17) is 26.8 Å². The number of ether oxygens (including phenoxy) is 2. The molecule has 2 aromatic rings. The van der Waals surface area contributed by atoms with E-state index in [9.17, 15) is 4.79 Å². The number of halogens is 1. The molecule has 1 aromatic carbocycles. The standard InChI is InChI=1S/C13H14ClN3O3/c1-3-20-13(18)11-12(15)17(7-16-11)9-6-8(14)4-5-10(9)19-2/h4-7H,3,15H2,1-2H3. The number of esters is 1. The van der Waals surface area contributed by atoms with Crippen molar-refractivity contribution in [3.63, 3.8) is 0 Å². The van der Waals surface area contributed by atoms with Gasteiger partial charge in [-0.1, -0.05) is 11.6 Å². The van der Waals surface area contributed by atoms with Gasteiger partial charge in [0.25, 0.3) is 0 Å². The second kappa shape index (κ2) is 5.83. The number of hydrogen-bond donors (Lipinski definition) is 1. The van der Waals surface area contributed by atoms with E-state index in [2.05, 4.69) is 4.98 Å². The topological polar surface area (TPSA) is 79.4 Å². The van der Waals surface area contributed by atoms with Crippen LogP contribution in [-0.4, -0.2) is 29.2 Å². The van der Waals surface area contributed by atoms with Gasteiger partial charge < -0.3 is 15.2 Å². The molecule has 1 aromatic heterocycles. The molecule has 0 aliphatic carbocycles. The van der Waals surface area contributed by atoms with Gasteiger partial charge in [0.1, 0.15) is 17.9 Å². The summed E-state index contributed by atoms with van der Waals surface area (Å²) in [4.78, 5) is 15.7. The summed E-state index contributed by atoms with van der Waals surface area (Å²) in [5.41, 5.74) is 6.60. The molecular weight excluding hydrogens is 282 g/mol. The van der Waals surface area contributed by atoms with Crippen molar-refractivity contribution >= 4 is 23.4 Å². The van der Waals surface area contributed by atoms with Gasteiger partial charge in [0.15, 0.2) is 5.69 Å². The van der Waals surface area contributed by atoms with Gasteiger partial charge >= 0.3 is 5.97 Å². The summed E-state index contributed by atoms with van der Waals surface area (Å²) in [6.45, 7) is 1.97. The average molecular weight is 296 g/mol. The minimum Gasteiger partial charge on any atom is -0.495 e. The van der Waals surface area contributed by atoms with Gasteiger partial charge in [-0.15, -0.1) is 0 Å². The molecule has 0 unspecified atom stereocenters. The largest absolute Gasteiger partial charge is 0.495 e. The molecule has 1 heterocycles. The minimum atomic E-state index is -0.565. The maximum absolute atomic E-state index is 11.7. The Kier molecular flexibility index (Phi) is 4.14. The van der Waals surface area contributed by atoms with E-state index in [1.165, 1.54) is 18.0 Å². The third-order valence-corrected chi connectivity index (χ3v) is 2.91. The predicted octanol–water partition coefficient (Wildman–Crippen LogP) is 2.29. The molecule has 20 heavy (non-hydrogen) atoms. The van der Waals surface area contributed by atoms with Crippen LogP contribution in [0.15, 0.2) is 24.5 Å². The van der Waals surface area contributed by atoms with Crippen molar-refractivity contribution in [2.45, 2.75) is 6.92 Å². The highest BCUT2D eigenvalue weighted by molar-refractivity contribution is 6.30. The zero-order valence-corrected chi connectivity index (χ0v) is 11.8. The van der Waals surface area contributed by atoms with Crippen molar-refractivity contribution < 1.29 is 14.3 Å². The smallest absolute Gasteiger partial charge is 0.360 e. The molecule has 0 saturated carbocycles. The molecule has 106 valence electrons. The average Bonchev–Trinajstić information content (AvgIpc) is 2.80. The summed E-state index contributed by atoms with van der Waals surface area (Å²) in [6, 6.07) is 5.08. The van der Waals surface area contributed by atoms with Gasteiger partial charge in [0.05, 0.1) is 19.4 Å². The van der Waals surface area contributed by atoms with Gasteiger partial charge in [-0.2, -0.15) is 0 Å². The van der Waals surface area contributed by atoms with Gasteiger partial charge in [0.2, 0.25) is 0 Å². The zero-order chi connectivity index (χ0) is 14.7. The van der Waals surface area contributed by atoms with Crippen molar-refractivity contribution in [1.29, 1.82) is 0 Å². The summed E-state index contributed by atoms with van der Waals surface area (Å²) < 4.78 is 11.7. The molecule has 0 aliphatic heterocycles. The predicted molar refractivity (Wildman–Crippen MR) is 75.5 cm³/mol. The van der Waals surface area contributed by atoms with E-state index in [-0.39, 0.29) is 18.1 Å². The molecule has 0 saturated heterocycles. The summed E-state index contributed by atoms with van der Waals surface area (Å²) in [6.07, 6.45) is 1.43. The lowest BCUT2D eigenvalue weighted by atomic mass is 10.3. The Hall–Kier alpha value is -2.21. The van der Waals surface area contributed by atoms with Crippen LogP contribution >= 0.6 is 11.6 Å². The first kappa shape index (κ1) is 14.2. The summed E-state index contributed by atoms with van der Waals surface area (Å²) in [5, 5.41) is 0.520. The molecule has 0 fully saturated rings. The lowest BCUT2D eigenvalue weighted by Gasteiger charge is -2.11. The lowest BCUT2D eigenvalue weighted by Crippen LogP contribution is -2.09. The van der Waals surface area contributed by atoms with Crippen molar-refractivity contribution in [2.24, 2.45) is 0 Å². The van der Waals surface area contributed by atoms with Crippen molar-refractivity contribution in [3.8, 4) is 11.4 Å². The summed E-state index contributed by atoms with van der Waals surface area (Å²) in [5.74, 6) is 0.169. The van der Waals surface area contributed by atoms with Crippen LogP contribution in [0.25, 0.3) is 5.69 Å². The molecule has 2 rings (SSSR count). The fraction of sp³-hybridized carbons (Fsp3) is 0.231. The molecule has 2 N–H and O–H groups in total. The number of nitrogen functional groups attached to an aromatic ring is 1. The fourth-order valence-corrected chi connectivity index (χ4v) is 1.92. The minimum absolute atomic E-state index is 0.0638. The fourth-order valence-electron chi connectivity index (χ4n) is 1.76. The van der Waals surface area contributed by atoms with Crippen LogP contribution < -0.4 is 10.5 Å². The van der Waals surface area contributed by atoms with Crippen molar-refractivity contribution in [1.82, 2.24) is 9.55 Å². The number of hydrogen-bond acceptors (Lipinski definition) is 5. The van der Waals surface area contributed by atoms with Gasteiger partial charge in [0, 0.05) is 5.02 Å². The Morgan fingerprint density at radius 1 is 1.50 bits per heavy atom. The SMILES string of the molecule is CCOC(=O)c1ncn(-c2cc(Cl)ccc2OC)c1N. The number of carbonyl (C=O) groups excluding carboxylic acids is 1. The molecule has 7 heteroatoms. The molecule has 0 atom stereocenters. The number of carbonyl (C=O) groups is 1. The van der Waals surface area contributed by atoms with Crippen LogP contribution in [0.4, 0.5) is 5.82 Å². The second-order valence-electron chi connectivity index (χ2n) is 3.89. The van der Waals surface area contributed by atoms with E-state index < -0.39 is 5.97 Å². The Labute approximate surface area is 121 Å². The number of methoxy groups -OCH3 is 1. The number of benzene rings is 1. The third kappa shape index (κ3) is 2.55. The van der Waals surface area contributed by atoms with Gasteiger partial charge in [-0.25, -0.2) is 9.78 Å². The molecule has 0 aliphatic rings. The van der Waals surface area contributed by atoms with E-state index in [0.717, 1.165) is 0 Å². The Morgan fingerprint density at radius 3 is 2.90 bits per heavy atom.